The fourth-order valence-electron chi connectivity index (χ4n) is 1.99. The van der Waals surface area contributed by atoms with Crippen molar-refractivity contribution in [2.75, 3.05) is 11.1 Å². The SMILES string of the molecule is CC(C)Oc1cc(NC2C=CS(=O)(=O)C2)cc([N+](=O)[O-])c1. The van der Waals surface area contributed by atoms with Crippen LogP contribution in [0.4, 0.5) is 11.4 Å². The molecule has 1 heterocycles. The van der Waals surface area contributed by atoms with Gasteiger partial charge in [0.25, 0.3) is 5.69 Å². The number of nitro groups is 1. The molecular weight excluding hydrogens is 296 g/mol. The molecule has 0 amide bonds. The summed E-state index contributed by atoms with van der Waals surface area (Å²) in [4.78, 5) is 10.4. The molecule has 0 saturated carbocycles. The van der Waals surface area contributed by atoms with Crippen molar-refractivity contribution in [2.24, 2.45) is 0 Å². The third kappa shape index (κ3) is 4.19. The zero-order valence-corrected chi connectivity index (χ0v) is 12.5. The normalized spacial score (nSPS) is 19.7. The average molecular weight is 312 g/mol. The Morgan fingerprint density at radius 3 is 2.62 bits per heavy atom. The quantitative estimate of drug-likeness (QED) is 0.660. The number of nitrogens with zero attached hydrogens (tertiary/aromatic N) is 1. The van der Waals surface area contributed by atoms with Gasteiger partial charge in [0.15, 0.2) is 9.84 Å². The number of nitrogens with one attached hydrogen (secondary N) is 1. The maximum Gasteiger partial charge on any atom is 0.275 e. The highest BCUT2D eigenvalue weighted by atomic mass is 32.2. The summed E-state index contributed by atoms with van der Waals surface area (Å²) < 4.78 is 28.2. The van der Waals surface area contributed by atoms with Gasteiger partial charge in [-0.2, -0.15) is 0 Å². The van der Waals surface area contributed by atoms with Gasteiger partial charge in [0.2, 0.25) is 0 Å². The second kappa shape index (κ2) is 5.72. The van der Waals surface area contributed by atoms with E-state index in [1.54, 1.807) is 6.07 Å². The van der Waals surface area contributed by atoms with Gasteiger partial charge in [0.1, 0.15) is 5.75 Å². The van der Waals surface area contributed by atoms with Crippen LogP contribution in [-0.4, -0.2) is 31.2 Å². The monoisotopic (exact) mass is 312 g/mol. The molecule has 0 aromatic heterocycles. The first-order valence-electron chi connectivity index (χ1n) is 6.39. The highest BCUT2D eigenvalue weighted by Gasteiger charge is 2.22. The number of non-ortho nitro benzene ring substituents is 1. The fraction of sp³-hybridized carbons (Fsp3) is 0.385. The summed E-state index contributed by atoms with van der Waals surface area (Å²) >= 11 is 0. The summed E-state index contributed by atoms with van der Waals surface area (Å²) in [6, 6.07) is 3.91. The largest absolute Gasteiger partial charge is 0.491 e. The Labute approximate surface area is 122 Å². The van der Waals surface area contributed by atoms with Crippen LogP contribution in [0.2, 0.25) is 0 Å². The van der Waals surface area contributed by atoms with Crippen LogP contribution in [-0.2, 0) is 9.84 Å². The summed E-state index contributed by atoms with van der Waals surface area (Å²) in [5.41, 5.74) is 0.340. The van der Waals surface area contributed by atoms with Gasteiger partial charge in [0, 0.05) is 23.2 Å². The minimum atomic E-state index is -3.18. The number of anilines is 1. The van der Waals surface area contributed by atoms with Crippen LogP contribution in [0, 0.1) is 10.1 Å². The molecule has 0 bridgehead atoms. The van der Waals surface area contributed by atoms with Crippen LogP contribution < -0.4 is 10.1 Å². The van der Waals surface area contributed by atoms with Crippen molar-refractivity contribution < 1.29 is 18.1 Å². The van der Waals surface area contributed by atoms with Crippen molar-refractivity contribution in [3.8, 4) is 5.75 Å². The van der Waals surface area contributed by atoms with Crippen LogP contribution in [0.1, 0.15) is 13.8 Å². The average Bonchev–Trinajstić information content (AvgIpc) is 2.67. The Bertz CT molecular complexity index is 682. The van der Waals surface area contributed by atoms with Gasteiger partial charge in [-0.1, -0.05) is 6.08 Å². The van der Waals surface area contributed by atoms with E-state index in [-0.39, 0.29) is 17.5 Å². The Kier molecular flexibility index (Phi) is 4.17. The number of hydrogen-bond acceptors (Lipinski definition) is 6. The lowest BCUT2D eigenvalue weighted by Crippen LogP contribution is -2.21. The number of benzene rings is 1. The van der Waals surface area contributed by atoms with Gasteiger partial charge in [0.05, 0.1) is 28.9 Å². The van der Waals surface area contributed by atoms with Crippen LogP contribution in [0.3, 0.4) is 0 Å². The molecule has 0 radical (unpaired) electrons. The number of nitro benzene ring substituents is 1. The van der Waals surface area contributed by atoms with Crippen molar-refractivity contribution in [3.63, 3.8) is 0 Å². The molecule has 0 saturated heterocycles. The topological polar surface area (TPSA) is 98.5 Å². The molecule has 2 rings (SSSR count). The first-order valence-corrected chi connectivity index (χ1v) is 8.10. The van der Waals surface area contributed by atoms with Gasteiger partial charge in [-0.3, -0.25) is 10.1 Å². The van der Waals surface area contributed by atoms with Crippen molar-refractivity contribution in [2.45, 2.75) is 26.0 Å². The lowest BCUT2D eigenvalue weighted by Gasteiger charge is -2.14. The fourth-order valence-corrected chi connectivity index (χ4v) is 3.23. The Balaban J connectivity index is 2.24. The molecule has 1 aromatic carbocycles. The molecule has 7 nitrogen and oxygen atoms in total. The second-order valence-electron chi connectivity index (χ2n) is 5.05. The van der Waals surface area contributed by atoms with E-state index in [0.717, 1.165) is 5.41 Å². The van der Waals surface area contributed by atoms with E-state index in [9.17, 15) is 18.5 Å². The van der Waals surface area contributed by atoms with Crippen LogP contribution >= 0.6 is 0 Å². The molecule has 0 spiro atoms. The highest BCUT2D eigenvalue weighted by molar-refractivity contribution is 7.94. The van der Waals surface area contributed by atoms with Gasteiger partial charge < -0.3 is 10.1 Å². The van der Waals surface area contributed by atoms with Gasteiger partial charge in [-0.05, 0) is 13.8 Å². The van der Waals surface area contributed by atoms with E-state index in [0.29, 0.717) is 11.4 Å². The van der Waals surface area contributed by atoms with E-state index in [1.165, 1.54) is 18.2 Å². The lowest BCUT2D eigenvalue weighted by molar-refractivity contribution is -0.384. The van der Waals surface area contributed by atoms with Gasteiger partial charge in [-0.25, -0.2) is 8.42 Å². The van der Waals surface area contributed by atoms with Crippen molar-refractivity contribution in [1.82, 2.24) is 0 Å². The summed E-state index contributed by atoms with van der Waals surface area (Å²) in [5, 5.41) is 15.0. The molecule has 1 N–H and O–H groups in total. The predicted molar refractivity (Wildman–Crippen MR) is 79.2 cm³/mol. The molecule has 1 aliphatic rings. The molecule has 1 unspecified atom stereocenters. The third-order valence-corrected chi connectivity index (χ3v) is 4.15. The summed E-state index contributed by atoms with van der Waals surface area (Å²) in [6.45, 7) is 3.64. The van der Waals surface area contributed by atoms with E-state index in [4.69, 9.17) is 4.74 Å². The van der Waals surface area contributed by atoms with Crippen LogP contribution in [0.5, 0.6) is 5.75 Å². The third-order valence-electron chi connectivity index (χ3n) is 2.76. The number of sulfone groups is 1. The smallest absolute Gasteiger partial charge is 0.275 e. The first kappa shape index (κ1) is 15.3. The standard InChI is InChI=1S/C13H16N2O5S/c1-9(2)20-13-6-11(5-12(7-13)15(16)17)14-10-3-4-21(18,19)8-10/h3-7,9-10,14H,8H2,1-2H3. The molecular formula is C13H16N2O5S. The second-order valence-corrected chi connectivity index (χ2v) is 6.98. The van der Waals surface area contributed by atoms with Crippen molar-refractivity contribution in [1.29, 1.82) is 0 Å². The number of ether oxygens (including phenoxy) is 1. The van der Waals surface area contributed by atoms with Gasteiger partial charge in [-0.15, -0.1) is 0 Å². The maximum atomic E-state index is 11.4. The van der Waals surface area contributed by atoms with E-state index in [2.05, 4.69) is 5.32 Å². The minimum Gasteiger partial charge on any atom is -0.491 e. The van der Waals surface area contributed by atoms with Crippen LogP contribution in [0.15, 0.2) is 29.7 Å². The molecule has 1 aromatic rings. The zero-order chi connectivity index (χ0) is 15.6. The van der Waals surface area contributed by atoms with E-state index >= 15 is 0 Å². The maximum absolute atomic E-state index is 11.4. The molecule has 0 fully saturated rings. The van der Waals surface area contributed by atoms with E-state index in [1.807, 2.05) is 13.8 Å². The van der Waals surface area contributed by atoms with Gasteiger partial charge >= 0.3 is 0 Å². The molecule has 21 heavy (non-hydrogen) atoms. The van der Waals surface area contributed by atoms with Crippen LogP contribution in [0.25, 0.3) is 0 Å². The number of hydrogen-bond donors (Lipinski definition) is 1. The predicted octanol–water partition coefficient (Wildman–Crippen LogP) is 2.10. The molecule has 1 atom stereocenters. The summed E-state index contributed by atoms with van der Waals surface area (Å²) in [7, 11) is -3.18. The van der Waals surface area contributed by atoms with E-state index < -0.39 is 20.8 Å². The molecule has 0 aliphatic carbocycles. The zero-order valence-electron chi connectivity index (χ0n) is 11.6. The summed E-state index contributed by atoms with van der Waals surface area (Å²) in [5.74, 6) is 0.308. The minimum absolute atomic E-state index is 0.0595. The highest BCUT2D eigenvalue weighted by Crippen LogP contribution is 2.28. The molecule has 114 valence electrons. The lowest BCUT2D eigenvalue weighted by atomic mass is 10.2. The Morgan fingerprint density at radius 1 is 1.38 bits per heavy atom. The molecule has 1 aliphatic heterocycles. The summed E-state index contributed by atoms with van der Waals surface area (Å²) in [6.07, 6.45) is 1.41. The van der Waals surface area contributed by atoms with Crippen molar-refractivity contribution in [3.05, 3.63) is 39.8 Å². The first-order chi connectivity index (χ1) is 9.75. The number of rotatable bonds is 5. The Morgan fingerprint density at radius 2 is 2.10 bits per heavy atom. The molecule has 8 heteroatoms. The Hall–Kier alpha value is -2.09. The van der Waals surface area contributed by atoms with Crippen molar-refractivity contribution >= 4 is 21.2 Å².